The van der Waals surface area contributed by atoms with Gasteiger partial charge in [-0.2, -0.15) is 5.10 Å². The predicted octanol–water partition coefficient (Wildman–Crippen LogP) is 2.28. The molecular formula is C17H23N3O4S2. The molecule has 1 N–H and O–H groups in total. The van der Waals surface area contributed by atoms with Crippen LogP contribution in [0.25, 0.3) is 0 Å². The van der Waals surface area contributed by atoms with Crippen molar-refractivity contribution in [1.82, 2.24) is 9.78 Å². The van der Waals surface area contributed by atoms with E-state index in [-0.39, 0.29) is 22.4 Å². The van der Waals surface area contributed by atoms with Crippen molar-refractivity contribution in [1.29, 1.82) is 0 Å². The lowest BCUT2D eigenvalue weighted by molar-refractivity contribution is 0.484. The highest BCUT2D eigenvalue weighted by molar-refractivity contribution is 7.93. The van der Waals surface area contributed by atoms with Gasteiger partial charge in [0.05, 0.1) is 34.6 Å². The molecule has 2 heterocycles. The van der Waals surface area contributed by atoms with Gasteiger partial charge in [-0.05, 0) is 45.2 Å². The molecule has 1 aromatic heterocycles. The maximum Gasteiger partial charge on any atom is 0.265 e. The number of anilines is 1. The van der Waals surface area contributed by atoms with Gasteiger partial charge in [0.1, 0.15) is 4.90 Å². The molecule has 0 unspecified atom stereocenters. The zero-order valence-corrected chi connectivity index (χ0v) is 16.9. The molecule has 1 fully saturated rings. The first-order valence-corrected chi connectivity index (χ1v) is 11.7. The number of benzene rings is 1. The van der Waals surface area contributed by atoms with E-state index in [0.29, 0.717) is 23.5 Å². The Morgan fingerprint density at radius 3 is 2.31 bits per heavy atom. The van der Waals surface area contributed by atoms with Gasteiger partial charge in [-0.1, -0.05) is 18.2 Å². The van der Waals surface area contributed by atoms with Gasteiger partial charge in [-0.25, -0.2) is 16.8 Å². The normalized spacial score (nSPS) is 19.6. The Morgan fingerprint density at radius 2 is 1.77 bits per heavy atom. The summed E-state index contributed by atoms with van der Waals surface area (Å²) in [5.41, 5.74) is 3.05. The van der Waals surface area contributed by atoms with Crippen LogP contribution in [0.4, 0.5) is 5.69 Å². The minimum Gasteiger partial charge on any atom is -0.279 e. The van der Waals surface area contributed by atoms with Crippen LogP contribution in [0.1, 0.15) is 35.0 Å². The Labute approximate surface area is 154 Å². The summed E-state index contributed by atoms with van der Waals surface area (Å²) < 4.78 is 53.8. The van der Waals surface area contributed by atoms with Crippen LogP contribution in [0, 0.1) is 27.7 Å². The minimum absolute atomic E-state index is 0.00121. The molecule has 142 valence electrons. The lowest BCUT2D eigenvalue weighted by Crippen LogP contribution is -2.18. The highest BCUT2D eigenvalue weighted by Crippen LogP contribution is 2.30. The average molecular weight is 398 g/mol. The molecule has 1 atom stereocenters. The first-order chi connectivity index (χ1) is 12.0. The second kappa shape index (κ2) is 6.38. The van der Waals surface area contributed by atoms with Crippen molar-refractivity contribution in [3.63, 3.8) is 0 Å². The average Bonchev–Trinajstić information content (AvgIpc) is 3.02. The van der Waals surface area contributed by atoms with Crippen LogP contribution in [0.5, 0.6) is 0 Å². The van der Waals surface area contributed by atoms with Gasteiger partial charge in [0, 0.05) is 0 Å². The van der Waals surface area contributed by atoms with E-state index in [1.54, 1.807) is 18.5 Å². The van der Waals surface area contributed by atoms with E-state index in [9.17, 15) is 16.8 Å². The van der Waals surface area contributed by atoms with Crippen LogP contribution in [0.15, 0.2) is 23.1 Å². The molecule has 3 rings (SSSR count). The van der Waals surface area contributed by atoms with Gasteiger partial charge < -0.3 is 0 Å². The number of nitrogens with one attached hydrogen (secondary N) is 1. The Bertz CT molecular complexity index is 1050. The van der Waals surface area contributed by atoms with Gasteiger partial charge >= 0.3 is 0 Å². The number of sulfone groups is 1. The maximum absolute atomic E-state index is 13.0. The molecule has 7 nitrogen and oxygen atoms in total. The summed E-state index contributed by atoms with van der Waals surface area (Å²) in [6.45, 7) is 6.99. The highest BCUT2D eigenvalue weighted by atomic mass is 32.2. The fraction of sp³-hybridized carbons (Fsp3) is 0.471. The first kappa shape index (κ1) is 18.9. The minimum atomic E-state index is -3.84. The molecule has 9 heteroatoms. The van der Waals surface area contributed by atoms with Gasteiger partial charge in [0.25, 0.3) is 10.0 Å². The van der Waals surface area contributed by atoms with Crippen LogP contribution in [-0.4, -0.2) is 38.1 Å². The summed E-state index contributed by atoms with van der Waals surface area (Å²) in [6, 6.07) is 5.24. The Balaban J connectivity index is 2.01. The molecule has 0 bridgehead atoms. The van der Waals surface area contributed by atoms with E-state index in [1.807, 2.05) is 32.0 Å². The third-order valence-electron chi connectivity index (χ3n) is 4.80. The van der Waals surface area contributed by atoms with E-state index >= 15 is 0 Å². The standard InChI is InChI=1S/C17H23N3O4S2/c1-11-6-5-7-12(2)16(11)19-26(23,24)17-13(3)18-20(14(17)4)15-8-9-25(21,22)10-15/h5-7,15,19H,8-10H2,1-4H3/t15-/m1/s1. The molecule has 26 heavy (non-hydrogen) atoms. The topological polar surface area (TPSA) is 98.1 Å². The molecule has 0 saturated carbocycles. The number of aryl methyl sites for hydroxylation is 3. The Morgan fingerprint density at radius 1 is 1.15 bits per heavy atom. The number of hydrogen-bond acceptors (Lipinski definition) is 5. The van der Waals surface area contributed by atoms with Crippen molar-refractivity contribution in [3.05, 3.63) is 40.7 Å². The largest absolute Gasteiger partial charge is 0.279 e. The van der Waals surface area contributed by atoms with E-state index in [1.165, 1.54) is 0 Å². The third-order valence-corrected chi connectivity index (χ3v) is 8.15. The Hall–Kier alpha value is -1.87. The second-order valence-corrected chi connectivity index (χ2v) is 10.7. The van der Waals surface area contributed by atoms with Crippen molar-refractivity contribution >= 4 is 25.5 Å². The summed E-state index contributed by atoms with van der Waals surface area (Å²) in [5.74, 6) is 0.109. The number of para-hydroxylation sites is 1. The van der Waals surface area contributed by atoms with E-state index in [2.05, 4.69) is 9.82 Å². The molecule has 0 aliphatic carbocycles. The lowest BCUT2D eigenvalue weighted by Gasteiger charge is -2.14. The fourth-order valence-electron chi connectivity index (χ4n) is 3.52. The number of hydrogen-bond donors (Lipinski definition) is 1. The first-order valence-electron chi connectivity index (χ1n) is 8.37. The number of aromatic nitrogens is 2. The van der Waals surface area contributed by atoms with Crippen molar-refractivity contribution in [2.45, 2.75) is 45.1 Å². The third kappa shape index (κ3) is 3.37. The quantitative estimate of drug-likeness (QED) is 0.853. The SMILES string of the molecule is Cc1cccc(C)c1NS(=O)(=O)c1c(C)nn([C@@H]2CCS(=O)(=O)C2)c1C. The molecule has 1 saturated heterocycles. The molecule has 0 spiro atoms. The van der Waals surface area contributed by atoms with Crippen LogP contribution in [0.3, 0.4) is 0 Å². The predicted molar refractivity (Wildman–Crippen MR) is 101 cm³/mol. The zero-order valence-electron chi connectivity index (χ0n) is 15.3. The summed E-state index contributed by atoms with van der Waals surface area (Å²) in [4.78, 5) is 0.115. The van der Waals surface area contributed by atoms with Crippen LogP contribution >= 0.6 is 0 Å². The monoisotopic (exact) mass is 397 g/mol. The van der Waals surface area contributed by atoms with Crippen LogP contribution in [-0.2, 0) is 19.9 Å². The molecule has 0 radical (unpaired) electrons. The van der Waals surface area contributed by atoms with Crippen LogP contribution in [0.2, 0.25) is 0 Å². The zero-order chi connectivity index (χ0) is 19.3. The summed E-state index contributed by atoms with van der Waals surface area (Å²) in [7, 11) is -6.93. The fourth-order valence-corrected chi connectivity index (χ4v) is 6.82. The molecular weight excluding hydrogens is 374 g/mol. The summed E-state index contributed by atoms with van der Waals surface area (Å²) in [5, 5.41) is 4.34. The number of sulfonamides is 1. The van der Waals surface area contributed by atoms with Crippen molar-refractivity contribution in [2.24, 2.45) is 0 Å². The molecule has 1 aliphatic heterocycles. The summed E-state index contributed by atoms with van der Waals surface area (Å²) in [6.07, 6.45) is 0.452. The van der Waals surface area contributed by atoms with Gasteiger partial charge in [-0.15, -0.1) is 0 Å². The van der Waals surface area contributed by atoms with E-state index in [4.69, 9.17) is 0 Å². The van der Waals surface area contributed by atoms with E-state index in [0.717, 1.165) is 11.1 Å². The van der Waals surface area contributed by atoms with Crippen molar-refractivity contribution < 1.29 is 16.8 Å². The molecule has 0 amide bonds. The smallest absolute Gasteiger partial charge is 0.265 e. The van der Waals surface area contributed by atoms with E-state index < -0.39 is 19.9 Å². The van der Waals surface area contributed by atoms with Gasteiger partial charge in [-0.3, -0.25) is 9.40 Å². The molecule has 1 aromatic carbocycles. The van der Waals surface area contributed by atoms with Gasteiger partial charge in [0.2, 0.25) is 0 Å². The molecule has 2 aromatic rings. The Kier molecular flexibility index (Phi) is 4.64. The van der Waals surface area contributed by atoms with Crippen molar-refractivity contribution in [3.8, 4) is 0 Å². The van der Waals surface area contributed by atoms with Crippen LogP contribution < -0.4 is 4.72 Å². The lowest BCUT2D eigenvalue weighted by atomic mass is 10.1. The highest BCUT2D eigenvalue weighted by Gasteiger charge is 2.34. The summed E-state index contributed by atoms with van der Waals surface area (Å²) >= 11 is 0. The molecule has 1 aliphatic rings. The number of nitrogens with zero attached hydrogens (tertiary/aromatic N) is 2. The van der Waals surface area contributed by atoms with Crippen molar-refractivity contribution in [2.75, 3.05) is 16.2 Å². The number of rotatable bonds is 4. The second-order valence-electron chi connectivity index (χ2n) is 6.87. The maximum atomic E-state index is 13.0. The van der Waals surface area contributed by atoms with Gasteiger partial charge in [0.15, 0.2) is 9.84 Å².